The van der Waals surface area contributed by atoms with Crippen LogP contribution in [0.5, 0.6) is 11.5 Å². The summed E-state index contributed by atoms with van der Waals surface area (Å²) in [6.07, 6.45) is 2.96. The molecule has 0 saturated carbocycles. The van der Waals surface area contributed by atoms with Crippen LogP contribution in [0.15, 0.2) is 30.6 Å². The van der Waals surface area contributed by atoms with Crippen LogP contribution in [-0.4, -0.2) is 36.1 Å². The SMILES string of the molecule is COc1ccc(NC(=O)c2cnc(NC(C)C)nc2)cc1OC. The van der Waals surface area contributed by atoms with Gasteiger partial charge in [0.2, 0.25) is 5.95 Å². The fraction of sp³-hybridized carbons (Fsp3) is 0.312. The molecule has 0 bridgehead atoms. The van der Waals surface area contributed by atoms with Crippen LogP contribution in [0, 0.1) is 0 Å². The molecule has 23 heavy (non-hydrogen) atoms. The Morgan fingerprint density at radius 2 is 1.74 bits per heavy atom. The summed E-state index contributed by atoms with van der Waals surface area (Å²) in [7, 11) is 3.10. The van der Waals surface area contributed by atoms with E-state index in [2.05, 4.69) is 20.6 Å². The molecular weight excluding hydrogens is 296 g/mol. The Labute approximate surface area is 135 Å². The maximum Gasteiger partial charge on any atom is 0.258 e. The highest BCUT2D eigenvalue weighted by atomic mass is 16.5. The molecule has 0 saturated heterocycles. The average Bonchev–Trinajstić information content (AvgIpc) is 2.54. The molecule has 0 aliphatic carbocycles. The highest BCUT2D eigenvalue weighted by Gasteiger charge is 2.10. The van der Waals surface area contributed by atoms with Crippen LogP contribution < -0.4 is 20.1 Å². The molecule has 0 aliphatic heterocycles. The van der Waals surface area contributed by atoms with Crippen LogP contribution in [0.3, 0.4) is 0 Å². The number of ether oxygens (including phenoxy) is 2. The van der Waals surface area contributed by atoms with E-state index < -0.39 is 0 Å². The lowest BCUT2D eigenvalue weighted by Gasteiger charge is -2.11. The van der Waals surface area contributed by atoms with Crippen molar-refractivity contribution >= 4 is 17.5 Å². The van der Waals surface area contributed by atoms with Crippen LogP contribution in [-0.2, 0) is 0 Å². The van der Waals surface area contributed by atoms with Gasteiger partial charge in [-0.2, -0.15) is 0 Å². The minimum Gasteiger partial charge on any atom is -0.493 e. The topological polar surface area (TPSA) is 85.4 Å². The normalized spacial score (nSPS) is 10.3. The summed E-state index contributed by atoms with van der Waals surface area (Å²) in [5.41, 5.74) is 0.964. The summed E-state index contributed by atoms with van der Waals surface area (Å²) in [6, 6.07) is 5.36. The molecule has 1 amide bonds. The lowest BCUT2D eigenvalue weighted by molar-refractivity contribution is 0.102. The Kier molecular flexibility index (Phi) is 5.35. The van der Waals surface area contributed by atoms with Gasteiger partial charge in [-0.1, -0.05) is 0 Å². The molecule has 7 nitrogen and oxygen atoms in total. The van der Waals surface area contributed by atoms with E-state index in [4.69, 9.17) is 9.47 Å². The second-order valence-corrected chi connectivity index (χ2v) is 5.12. The molecule has 0 radical (unpaired) electrons. The molecule has 0 aliphatic rings. The van der Waals surface area contributed by atoms with Crippen LogP contribution in [0.4, 0.5) is 11.6 Å². The minimum atomic E-state index is -0.298. The smallest absolute Gasteiger partial charge is 0.258 e. The molecule has 0 fully saturated rings. The third kappa shape index (κ3) is 4.32. The third-order valence-corrected chi connectivity index (χ3v) is 2.97. The second-order valence-electron chi connectivity index (χ2n) is 5.12. The van der Waals surface area contributed by atoms with Crippen molar-refractivity contribution in [2.45, 2.75) is 19.9 Å². The fourth-order valence-electron chi connectivity index (χ4n) is 1.90. The fourth-order valence-corrected chi connectivity index (χ4v) is 1.90. The van der Waals surface area contributed by atoms with Crippen LogP contribution in [0.2, 0.25) is 0 Å². The number of carbonyl (C=O) groups is 1. The molecule has 1 heterocycles. The molecule has 2 rings (SSSR count). The standard InChI is InChI=1S/C16H20N4O3/c1-10(2)19-16-17-8-11(9-18-16)15(21)20-12-5-6-13(22-3)14(7-12)23-4/h5-10H,1-4H3,(H,20,21)(H,17,18,19). The van der Waals surface area contributed by atoms with Gasteiger partial charge in [0.15, 0.2) is 11.5 Å². The Balaban J connectivity index is 2.09. The molecule has 0 spiro atoms. The summed E-state index contributed by atoms with van der Waals surface area (Å²) in [5, 5.41) is 5.83. The Morgan fingerprint density at radius 3 is 2.30 bits per heavy atom. The lowest BCUT2D eigenvalue weighted by Crippen LogP contribution is -2.15. The van der Waals surface area contributed by atoms with E-state index in [1.807, 2.05) is 13.8 Å². The van der Waals surface area contributed by atoms with Crippen molar-refractivity contribution in [2.24, 2.45) is 0 Å². The number of aromatic nitrogens is 2. The van der Waals surface area contributed by atoms with E-state index in [1.54, 1.807) is 25.3 Å². The zero-order chi connectivity index (χ0) is 16.8. The van der Waals surface area contributed by atoms with Crippen molar-refractivity contribution < 1.29 is 14.3 Å². The number of rotatable bonds is 6. The lowest BCUT2D eigenvalue weighted by atomic mass is 10.2. The van der Waals surface area contributed by atoms with Gasteiger partial charge in [-0.15, -0.1) is 0 Å². The first-order valence-electron chi connectivity index (χ1n) is 7.15. The molecule has 2 aromatic rings. The summed E-state index contributed by atoms with van der Waals surface area (Å²) >= 11 is 0. The van der Waals surface area contributed by atoms with Crippen LogP contribution in [0.1, 0.15) is 24.2 Å². The van der Waals surface area contributed by atoms with Crippen molar-refractivity contribution in [2.75, 3.05) is 24.9 Å². The van der Waals surface area contributed by atoms with E-state index in [0.29, 0.717) is 28.7 Å². The number of methoxy groups -OCH3 is 2. The maximum atomic E-state index is 12.2. The van der Waals surface area contributed by atoms with Gasteiger partial charge >= 0.3 is 0 Å². The minimum absolute atomic E-state index is 0.224. The molecule has 7 heteroatoms. The number of amides is 1. The average molecular weight is 316 g/mol. The van der Waals surface area contributed by atoms with Crippen molar-refractivity contribution in [1.82, 2.24) is 9.97 Å². The van der Waals surface area contributed by atoms with Crippen molar-refractivity contribution in [3.63, 3.8) is 0 Å². The molecule has 2 N–H and O–H groups in total. The number of hydrogen-bond acceptors (Lipinski definition) is 6. The van der Waals surface area contributed by atoms with Gasteiger partial charge in [-0.3, -0.25) is 4.79 Å². The van der Waals surface area contributed by atoms with Gasteiger partial charge < -0.3 is 20.1 Å². The first-order valence-corrected chi connectivity index (χ1v) is 7.15. The Bertz CT molecular complexity index is 672. The van der Waals surface area contributed by atoms with Gasteiger partial charge in [0.25, 0.3) is 5.91 Å². The van der Waals surface area contributed by atoms with E-state index >= 15 is 0 Å². The molecule has 122 valence electrons. The third-order valence-electron chi connectivity index (χ3n) is 2.97. The number of nitrogens with one attached hydrogen (secondary N) is 2. The van der Waals surface area contributed by atoms with Gasteiger partial charge in [-0.25, -0.2) is 9.97 Å². The number of nitrogens with zero attached hydrogens (tertiary/aromatic N) is 2. The number of hydrogen-bond donors (Lipinski definition) is 2. The van der Waals surface area contributed by atoms with Crippen molar-refractivity contribution in [1.29, 1.82) is 0 Å². The molecule has 1 aromatic heterocycles. The van der Waals surface area contributed by atoms with E-state index in [1.165, 1.54) is 19.5 Å². The largest absolute Gasteiger partial charge is 0.493 e. The first-order chi connectivity index (χ1) is 11.0. The summed E-state index contributed by atoms with van der Waals surface area (Å²) in [5.74, 6) is 1.33. The maximum absolute atomic E-state index is 12.2. The second kappa shape index (κ2) is 7.44. The Hall–Kier alpha value is -2.83. The van der Waals surface area contributed by atoms with Gasteiger partial charge in [0, 0.05) is 30.2 Å². The molecule has 0 atom stereocenters. The van der Waals surface area contributed by atoms with Gasteiger partial charge in [0.05, 0.1) is 19.8 Å². The Morgan fingerprint density at radius 1 is 1.09 bits per heavy atom. The summed E-state index contributed by atoms with van der Waals surface area (Å²) in [4.78, 5) is 20.4. The highest BCUT2D eigenvalue weighted by molar-refractivity contribution is 6.04. The molecule has 1 aromatic carbocycles. The van der Waals surface area contributed by atoms with E-state index in [0.717, 1.165) is 0 Å². The number of anilines is 2. The van der Waals surface area contributed by atoms with Crippen LogP contribution >= 0.6 is 0 Å². The monoisotopic (exact) mass is 316 g/mol. The molecule has 0 unspecified atom stereocenters. The van der Waals surface area contributed by atoms with E-state index in [9.17, 15) is 4.79 Å². The van der Waals surface area contributed by atoms with E-state index in [-0.39, 0.29) is 11.9 Å². The quantitative estimate of drug-likeness (QED) is 0.852. The summed E-state index contributed by atoms with van der Waals surface area (Å²) < 4.78 is 10.4. The van der Waals surface area contributed by atoms with Gasteiger partial charge in [-0.05, 0) is 26.0 Å². The van der Waals surface area contributed by atoms with Gasteiger partial charge in [0.1, 0.15) is 0 Å². The summed E-state index contributed by atoms with van der Waals surface area (Å²) in [6.45, 7) is 3.97. The van der Waals surface area contributed by atoms with Crippen LogP contribution in [0.25, 0.3) is 0 Å². The zero-order valence-electron chi connectivity index (χ0n) is 13.6. The van der Waals surface area contributed by atoms with Crippen molar-refractivity contribution in [3.05, 3.63) is 36.2 Å². The number of benzene rings is 1. The number of carbonyl (C=O) groups excluding carboxylic acids is 1. The van der Waals surface area contributed by atoms with Crippen molar-refractivity contribution in [3.8, 4) is 11.5 Å². The first kappa shape index (κ1) is 16.5. The zero-order valence-corrected chi connectivity index (χ0v) is 13.6. The predicted molar refractivity (Wildman–Crippen MR) is 88.3 cm³/mol. The molecular formula is C16H20N4O3. The predicted octanol–water partition coefficient (Wildman–Crippen LogP) is 2.57. The highest BCUT2D eigenvalue weighted by Crippen LogP contribution is 2.29.